The first-order valence-electron chi connectivity index (χ1n) is 5.77. The largest absolute Gasteiger partial charge is 0.496 e. The van der Waals surface area contributed by atoms with Crippen LogP contribution < -0.4 is 15.8 Å². The molecule has 2 rings (SSSR count). The second-order valence-corrected chi connectivity index (χ2v) is 4.12. The van der Waals surface area contributed by atoms with Crippen LogP contribution >= 0.6 is 0 Å². The molecule has 0 saturated carbocycles. The van der Waals surface area contributed by atoms with Crippen LogP contribution in [0.5, 0.6) is 5.75 Å². The van der Waals surface area contributed by atoms with Gasteiger partial charge in [0.05, 0.1) is 30.2 Å². The highest BCUT2D eigenvalue weighted by Crippen LogP contribution is 2.22. The maximum absolute atomic E-state index is 12.2. The number of rotatable bonds is 3. The molecule has 1 aromatic carbocycles. The van der Waals surface area contributed by atoms with Gasteiger partial charge in [0.25, 0.3) is 5.91 Å². The molecule has 1 heterocycles. The molecule has 0 aliphatic rings. The molecule has 1 amide bonds. The molecule has 0 aliphatic heterocycles. The van der Waals surface area contributed by atoms with E-state index in [2.05, 4.69) is 10.3 Å². The van der Waals surface area contributed by atoms with Crippen LogP contribution in [0.4, 0.5) is 11.4 Å². The number of carbonyl (C=O) groups is 1. The number of hydrogen-bond acceptors (Lipinski definition) is 4. The van der Waals surface area contributed by atoms with Crippen molar-refractivity contribution < 1.29 is 9.53 Å². The number of aromatic nitrogens is 1. The van der Waals surface area contributed by atoms with E-state index in [0.717, 1.165) is 5.56 Å². The first-order valence-corrected chi connectivity index (χ1v) is 5.77. The number of carbonyl (C=O) groups excluding carboxylic acids is 1. The van der Waals surface area contributed by atoms with Crippen molar-refractivity contribution in [1.82, 2.24) is 4.98 Å². The van der Waals surface area contributed by atoms with E-state index in [0.29, 0.717) is 22.7 Å². The van der Waals surface area contributed by atoms with Crippen LogP contribution in [0.3, 0.4) is 0 Å². The fourth-order valence-corrected chi connectivity index (χ4v) is 1.71. The van der Waals surface area contributed by atoms with Crippen molar-refractivity contribution >= 4 is 17.3 Å². The normalized spacial score (nSPS) is 10.0. The maximum Gasteiger partial charge on any atom is 0.259 e. The lowest BCUT2D eigenvalue weighted by Gasteiger charge is -2.11. The number of nitrogens with one attached hydrogen (secondary N) is 1. The molecule has 1 aromatic heterocycles. The molecule has 0 fully saturated rings. The van der Waals surface area contributed by atoms with Crippen LogP contribution in [0.15, 0.2) is 36.7 Å². The van der Waals surface area contributed by atoms with E-state index in [1.165, 1.54) is 13.3 Å². The summed E-state index contributed by atoms with van der Waals surface area (Å²) in [6, 6.07) is 7.07. The van der Waals surface area contributed by atoms with Crippen molar-refractivity contribution in [2.75, 3.05) is 18.2 Å². The fourth-order valence-electron chi connectivity index (χ4n) is 1.71. The summed E-state index contributed by atoms with van der Waals surface area (Å²) in [5, 5.41) is 2.74. The fraction of sp³-hybridized carbons (Fsp3) is 0.143. The summed E-state index contributed by atoms with van der Waals surface area (Å²) in [4.78, 5) is 16.1. The van der Waals surface area contributed by atoms with Gasteiger partial charge in [0, 0.05) is 6.20 Å². The van der Waals surface area contributed by atoms with Crippen LogP contribution in [0.1, 0.15) is 15.9 Å². The third kappa shape index (κ3) is 2.82. The zero-order valence-corrected chi connectivity index (χ0v) is 10.8. The predicted octanol–water partition coefficient (Wildman–Crippen LogP) is 2.23. The molecule has 5 nitrogen and oxygen atoms in total. The van der Waals surface area contributed by atoms with Crippen molar-refractivity contribution in [3.05, 3.63) is 47.8 Å². The zero-order valence-electron chi connectivity index (χ0n) is 10.8. The SMILES string of the molecule is COc1ccc(C)cc1C(=O)Nc1ccncc1N. The number of methoxy groups -OCH3 is 1. The molecular weight excluding hydrogens is 242 g/mol. The molecule has 2 aromatic rings. The third-order valence-corrected chi connectivity index (χ3v) is 2.70. The number of anilines is 2. The van der Waals surface area contributed by atoms with Gasteiger partial charge in [-0.15, -0.1) is 0 Å². The molecule has 19 heavy (non-hydrogen) atoms. The summed E-state index contributed by atoms with van der Waals surface area (Å²) < 4.78 is 5.18. The lowest BCUT2D eigenvalue weighted by molar-refractivity contribution is 0.102. The highest BCUT2D eigenvalue weighted by Gasteiger charge is 2.13. The van der Waals surface area contributed by atoms with Crippen molar-refractivity contribution in [3.63, 3.8) is 0 Å². The van der Waals surface area contributed by atoms with Gasteiger partial charge in [-0.05, 0) is 25.1 Å². The van der Waals surface area contributed by atoms with Gasteiger partial charge in [0.2, 0.25) is 0 Å². The average molecular weight is 257 g/mol. The van der Waals surface area contributed by atoms with Crippen LogP contribution in [0.25, 0.3) is 0 Å². The van der Waals surface area contributed by atoms with E-state index in [-0.39, 0.29) is 5.91 Å². The first kappa shape index (κ1) is 12.9. The van der Waals surface area contributed by atoms with Gasteiger partial charge in [-0.1, -0.05) is 11.6 Å². The standard InChI is InChI=1S/C14H15N3O2/c1-9-3-4-13(19-2)10(7-9)14(18)17-12-5-6-16-8-11(12)15/h3-8H,15H2,1-2H3,(H,16,17,18). The minimum atomic E-state index is -0.265. The number of nitrogen functional groups attached to an aromatic ring is 1. The molecule has 5 heteroatoms. The minimum absolute atomic E-state index is 0.265. The molecule has 0 bridgehead atoms. The Hall–Kier alpha value is -2.56. The van der Waals surface area contributed by atoms with E-state index in [1.54, 1.807) is 24.4 Å². The maximum atomic E-state index is 12.2. The lowest BCUT2D eigenvalue weighted by atomic mass is 10.1. The van der Waals surface area contributed by atoms with Gasteiger partial charge in [0.1, 0.15) is 5.75 Å². The molecular formula is C14H15N3O2. The van der Waals surface area contributed by atoms with Gasteiger partial charge >= 0.3 is 0 Å². The Morgan fingerprint density at radius 1 is 1.37 bits per heavy atom. The molecule has 0 saturated heterocycles. The number of aryl methyl sites for hydroxylation is 1. The molecule has 0 spiro atoms. The molecule has 0 atom stereocenters. The Morgan fingerprint density at radius 2 is 2.16 bits per heavy atom. The Bertz CT molecular complexity index is 611. The lowest BCUT2D eigenvalue weighted by Crippen LogP contribution is -2.14. The summed E-state index contributed by atoms with van der Waals surface area (Å²) in [7, 11) is 1.53. The highest BCUT2D eigenvalue weighted by molar-refractivity contribution is 6.07. The van der Waals surface area contributed by atoms with E-state index in [4.69, 9.17) is 10.5 Å². The third-order valence-electron chi connectivity index (χ3n) is 2.70. The topological polar surface area (TPSA) is 77.2 Å². The Balaban J connectivity index is 2.30. The average Bonchev–Trinajstić information content (AvgIpc) is 2.41. The summed E-state index contributed by atoms with van der Waals surface area (Å²) in [6.45, 7) is 1.91. The molecule has 0 radical (unpaired) electrons. The van der Waals surface area contributed by atoms with E-state index in [1.807, 2.05) is 13.0 Å². The van der Waals surface area contributed by atoms with Gasteiger partial charge in [0.15, 0.2) is 0 Å². The Morgan fingerprint density at radius 3 is 2.84 bits per heavy atom. The summed E-state index contributed by atoms with van der Waals surface area (Å²) in [5.41, 5.74) is 8.14. The van der Waals surface area contributed by atoms with Crippen molar-refractivity contribution in [1.29, 1.82) is 0 Å². The smallest absolute Gasteiger partial charge is 0.259 e. The van der Waals surface area contributed by atoms with Gasteiger partial charge in [-0.25, -0.2) is 0 Å². The quantitative estimate of drug-likeness (QED) is 0.884. The molecule has 0 unspecified atom stereocenters. The predicted molar refractivity (Wildman–Crippen MR) is 74.3 cm³/mol. The second-order valence-electron chi connectivity index (χ2n) is 4.12. The minimum Gasteiger partial charge on any atom is -0.496 e. The first-order chi connectivity index (χ1) is 9.11. The molecule has 0 aliphatic carbocycles. The zero-order chi connectivity index (χ0) is 13.8. The van der Waals surface area contributed by atoms with Crippen molar-refractivity contribution in [2.24, 2.45) is 0 Å². The summed E-state index contributed by atoms with van der Waals surface area (Å²) in [5.74, 6) is 0.258. The van der Waals surface area contributed by atoms with Gasteiger partial charge in [-0.2, -0.15) is 0 Å². The van der Waals surface area contributed by atoms with Gasteiger partial charge < -0.3 is 15.8 Å². The van der Waals surface area contributed by atoms with Crippen LogP contribution in [0.2, 0.25) is 0 Å². The van der Waals surface area contributed by atoms with Gasteiger partial charge in [-0.3, -0.25) is 9.78 Å². The number of nitrogens with zero attached hydrogens (tertiary/aromatic N) is 1. The second kappa shape index (κ2) is 5.39. The number of ether oxygens (including phenoxy) is 1. The van der Waals surface area contributed by atoms with E-state index in [9.17, 15) is 4.79 Å². The number of hydrogen-bond donors (Lipinski definition) is 2. The van der Waals surface area contributed by atoms with E-state index >= 15 is 0 Å². The van der Waals surface area contributed by atoms with Crippen LogP contribution in [-0.2, 0) is 0 Å². The summed E-state index contributed by atoms with van der Waals surface area (Å²) in [6.07, 6.45) is 3.06. The number of amides is 1. The number of benzene rings is 1. The summed E-state index contributed by atoms with van der Waals surface area (Å²) >= 11 is 0. The number of nitrogens with two attached hydrogens (primary N) is 1. The van der Waals surface area contributed by atoms with E-state index < -0.39 is 0 Å². The molecule has 98 valence electrons. The van der Waals surface area contributed by atoms with Crippen molar-refractivity contribution in [3.8, 4) is 5.75 Å². The molecule has 3 N–H and O–H groups in total. The van der Waals surface area contributed by atoms with Crippen LogP contribution in [-0.4, -0.2) is 18.0 Å². The monoisotopic (exact) mass is 257 g/mol. The number of pyridine rings is 1. The Labute approximate surface area is 111 Å². The van der Waals surface area contributed by atoms with Crippen molar-refractivity contribution in [2.45, 2.75) is 6.92 Å². The highest BCUT2D eigenvalue weighted by atomic mass is 16.5. The Kier molecular flexibility index (Phi) is 3.66. The van der Waals surface area contributed by atoms with Crippen LogP contribution in [0, 0.1) is 6.92 Å².